The van der Waals surface area contributed by atoms with Crippen molar-refractivity contribution in [3.8, 4) is 0 Å². The molecule has 128 valence electrons. The van der Waals surface area contributed by atoms with Crippen LogP contribution in [0.4, 0.5) is 0 Å². The number of carboxylic acids is 1. The molecule has 2 N–H and O–H groups in total. The molecule has 0 aliphatic heterocycles. The highest BCUT2D eigenvalue weighted by atomic mass is 16.4. The smallest absolute Gasteiger partial charge is 0.306 e. The molecule has 24 heavy (non-hydrogen) atoms. The molecule has 0 saturated carbocycles. The van der Waals surface area contributed by atoms with E-state index in [1.807, 2.05) is 62.5 Å². The predicted molar refractivity (Wildman–Crippen MR) is 98.3 cm³/mol. The van der Waals surface area contributed by atoms with Crippen LogP contribution in [0.25, 0.3) is 0 Å². The molecular weight excluding hydrogens is 298 g/mol. The average molecular weight is 325 g/mol. The molecule has 3 heteroatoms. The molecule has 0 radical (unpaired) electrons. The van der Waals surface area contributed by atoms with E-state index in [0.717, 1.165) is 12.1 Å². The average Bonchev–Trinajstić information content (AvgIpc) is 2.60. The molecule has 0 aromatic heterocycles. The number of aliphatic carboxylic acids is 1. The van der Waals surface area contributed by atoms with Gasteiger partial charge in [0.2, 0.25) is 0 Å². The summed E-state index contributed by atoms with van der Waals surface area (Å²) in [6.07, 6.45) is 0. The first kappa shape index (κ1) is 18.2. The van der Waals surface area contributed by atoms with Crippen molar-refractivity contribution in [2.45, 2.75) is 25.7 Å². The van der Waals surface area contributed by atoms with E-state index in [2.05, 4.69) is 24.4 Å². The Hall–Kier alpha value is -2.13. The maximum atomic E-state index is 11.8. The Morgan fingerprint density at radius 3 is 1.79 bits per heavy atom. The van der Waals surface area contributed by atoms with Crippen molar-refractivity contribution in [1.29, 1.82) is 0 Å². The molecule has 3 nitrogen and oxygen atoms in total. The van der Waals surface area contributed by atoms with Gasteiger partial charge in [0, 0.05) is 5.92 Å². The van der Waals surface area contributed by atoms with Crippen LogP contribution in [-0.2, 0) is 4.79 Å². The normalized spacial score (nSPS) is 16.1. The highest BCUT2D eigenvalue weighted by Gasteiger charge is 2.36. The summed E-state index contributed by atoms with van der Waals surface area (Å²) in [4.78, 5) is 11.8. The highest BCUT2D eigenvalue weighted by molar-refractivity contribution is 5.71. The molecule has 0 spiro atoms. The number of nitrogens with one attached hydrogen (secondary N) is 1. The van der Waals surface area contributed by atoms with Crippen molar-refractivity contribution in [2.75, 3.05) is 13.6 Å². The number of benzene rings is 2. The standard InChI is InChI=1S/C21H27NO2/c1-15(14-22-3)19(17-10-6-4-7-11-17)20(16(2)21(23)24)18-12-8-5-9-13-18/h4-13,15-16,19-20,22H,14H2,1-3H3,(H,23,24). The zero-order valence-corrected chi connectivity index (χ0v) is 14.6. The lowest BCUT2D eigenvalue weighted by atomic mass is 9.69. The molecule has 2 aromatic carbocycles. The fourth-order valence-corrected chi connectivity index (χ4v) is 3.65. The van der Waals surface area contributed by atoms with Crippen LogP contribution in [0.2, 0.25) is 0 Å². The molecule has 0 fully saturated rings. The third kappa shape index (κ3) is 4.24. The summed E-state index contributed by atoms with van der Waals surface area (Å²) in [7, 11) is 1.94. The number of hydrogen-bond donors (Lipinski definition) is 2. The zero-order valence-electron chi connectivity index (χ0n) is 14.6. The monoisotopic (exact) mass is 325 g/mol. The lowest BCUT2D eigenvalue weighted by molar-refractivity contribution is -0.142. The van der Waals surface area contributed by atoms with Crippen molar-refractivity contribution < 1.29 is 9.90 Å². The lowest BCUT2D eigenvalue weighted by Crippen LogP contribution is -2.32. The summed E-state index contributed by atoms with van der Waals surface area (Å²) in [5.74, 6) is -0.843. The van der Waals surface area contributed by atoms with Gasteiger partial charge in [-0.25, -0.2) is 0 Å². The van der Waals surface area contributed by atoms with Crippen molar-refractivity contribution >= 4 is 5.97 Å². The Morgan fingerprint density at radius 2 is 1.38 bits per heavy atom. The van der Waals surface area contributed by atoms with Gasteiger partial charge in [-0.1, -0.05) is 74.5 Å². The molecule has 2 rings (SSSR count). The van der Waals surface area contributed by atoms with Gasteiger partial charge in [0.1, 0.15) is 0 Å². The Bertz CT molecular complexity index is 627. The topological polar surface area (TPSA) is 49.3 Å². The molecular formula is C21H27NO2. The molecule has 0 saturated heterocycles. The van der Waals surface area contributed by atoms with Gasteiger partial charge < -0.3 is 10.4 Å². The van der Waals surface area contributed by atoms with Crippen LogP contribution in [0.15, 0.2) is 60.7 Å². The van der Waals surface area contributed by atoms with Gasteiger partial charge in [0.25, 0.3) is 0 Å². The second-order valence-corrected chi connectivity index (χ2v) is 6.53. The molecule has 4 atom stereocenters. The van der Waals surface area contributed by atoms with E-state index in [0.29, 0.717) is 5.92 Å². The molecule has 0 aliphatic carbocycles. The van der Waals surface area contributed by atoms with Crippen molar-refractivity contribution in [3.05, 3.63) is 71.8 Å². The van der Waals surface area contributed by atoms with Crippen LogP contribution in [-0.4, -0.2) is 24.7 Å². The first-order chi connectivity index (χ1) is 11.6. The zero-order chi connectivity index (χ0) is 17.5. The summed E-state index contributed by atoms with van der Waals surface area (Å²) in [6, 6.07) is 20.3. The van der Waals surface area contributed by atoms with Crippen LogP contribution >= 0.6 is 0 Å². The molecule has 0 aliphatic rings. The maximum absolute atomic E-state index is 11.8. The highest BCUT2D eigenvalue weighted by Crippen LogP contribution is 2.43. The predicted octanol–water partition coefficient (Wildman–Crippen LogP) is 4.13. The first-order valence-electron chi connectivity index (χ1n) is 8.53. The Balaban J connectivity index is 2.53. The largest absolute Gasteiger partial charge is 0.481 e. The van der Waals surface area contributed by atoms with Crippen molar-refractivity contribution in [1.82, 2.24) is 5.32 Å². The van der Waals surface area contributed by atoms with Crippen LogP contribution in [0.1, 0.15) is 36.8 Å². The molecule has 2 aromatic rings. The molecule has 0 bridgehead atoms. The summed E-state index contributed by atoms with van der Waals surface area (Å²) < 4.78 is 0. The van der Waals surface area contributed by atoms with E-state index < -0.39 is 11.9 Å². The summed E-state index contributed by atoms with van der Waals surface area (Å²) in [6.45, 7) is 4.86. The minimum atomic E-state index is -0.749. The quantitative estimate of drug-likeness (QED) is 0.767. The minimum Gasteiger partial charge on any atom is -0.481 e. The summed E-state index contributed by atoms with van der Waals surface area (Å²) in [5, 5.41) is 13.0. The third-order valence-electron chi connectivity index (χ3n) is 4.82. The van der Waals surface area contributed by atoms with Gasteiger partial charge in [0.15, 0.2) is 0 Å². The van der Waals surface area contributed by atoms with E-state index in [1.165, 1.54) is 5.56 Å². The van der Waals surface area contributed by atoms with E-state index in [1.54, 1.807) is 0 Å². The van der Waals surface area contributed by atoms with Crippen LogP contribution in [0.5, 0.6) is 0 Å². The van der Waals surface area contributed by atoms with E-state index >= 15 is 0 Å². The van der Waals surface area contributed by atoms with Gasteiger partial charge in [-0.05, 0) is 36.6 Å². The number of hydrogen-bond acceptors (Lipinski definition) is 2. The van der Waals surface area contributed by atoms with Gasteiger partial charge in [-0.3, -0.25) is 4.79 Å². The van der Waals surface area contributed by atoms with Gasteiger partial charge >= 0.3 is 5.97 Å². The Morgan fingerprint density at radius 1 is 0.917 bits per heavy atom. The number of carboxylic acid groups (broad SMARTS) is 1. The number of rotatable bonds is 8. The summed E-state index contributed by atoms with van der Waals surface area (Å²) in [5.41, 5.74) is 2.28. The lowest BCUT2D eigenvalue weighted by Gasteiger charge is -2.35. The van der Waals surface area contributed by atoms with E-state index in [-0.39, 0.29) is 11.8 Å². The SMILES string of the molecule is CNCC(C)C(c1ccccc1)C(c1ccccc1)C(C)C(=O)O. The van der Waals surface area contributed by atoms with Crippen LogP contribution < -0.4 is 5.32 Å². The second-order valence-electron chi connectivity index (χ2n) is 6.53. The molecule has 0 amide bonds. The van der Waals surface area contributed by atoms with E-state index in [4.69, 9.17) is 0 Å². The Kier molecular flexibility index (Phi) is 6.56. The maximum Gasteiger partial charge on any atom is 0.306 e. The van der Waals surface area contributed by atoms with Gasteiger partial charge in [0.05, 0.1) is 5.92 Å². The fraction of sp³-hybridized carbons (Fsp3) is 0.381. The molecule has 4 unspecified atom stereocenters. The third-order valence-corrected chi connectivity index (χ3v) is 4.82. The van der Waals surface area contributed by atoms with Gasteiger partial charge in [-0.2, -0.15) is 0 Å². The van der Waals surface area contributed by atoms with Crippen molar-refractivity contribution in [3.63, 3.8) is 0 Å². The first-order valence-corrected chi connectivity index (χ1v) is 8.53. The molecule has 0 heterocycles. The Labute approximate surface area is 144 Å². The fourth-order valence-electron chi connectivity index (χ4n) is 3.65. The van der Waals surface area contributed by atoms with Crippen molar-refractivity contribution in [2.24, 2.45) is 11.8 Å². The van der Waals surface area contributed by atoms with Crippen LogP contribution in [0, 0.1) is 11.8 Å². The minimum absolute atomic E-state index is 0.0746. The summed E-state index contributed by atoms with van der Waals surface area (Å²) >= 11 is 0. The van der Waals surface area contributed by atoms with E-state index in [9.17, 15) is 9.90 Å². The van der Waals surface area contributed by atoms with Gasteiger partial charge in [-0.15, -0.1) is 0 Å². The number of carbonyl (C=O) groups is 1. The van der Waals surface area contributed by atoms with Crippen LogP contribution in [0.3, 0.4) is 0 Å². The second kappa shape index (κ2) is 8.65.